The second-order valence-electron chi connectivity index (χ2n) is 3.82. The van der Waals surface area contributed by atoms with Crippen LogP contribution in [0.5, 0.6) is 0 Å². The minimum atomic E-state index is 0.184. The van der Waals surface area contributed by atoms with Crippen molar-refractivity contribution in [3.63, 3.8) is 0 Å². The van der Waals surface area contributed by atoms with E-state index >= 15 is 0 Å². The smallest absolute Gasteiger partial charge is 0.135 e. The quantitative estimate of drug-likeness (QED) is 0.570. The zero-order valence-electron chi connectivity index (χ0n) is 8.88. The van der Waals surface area contributed by atoms with Crippen molar-refractivity contribution in [2.75, 3.05) is 0 Å². The predicted molar refractivity (Wildman–Crippen MR) is 53.5 cm³/mol. The second kappa shape index (κ2) is 6.81. The van der Waals surface area contributed by atoms with Crippen LogP contribution in [-0.2, 0) is 9.59 Å². The Hall–Kier alpha value is -0.660. The fraction of sp³-hybridized carbons (Fsp3) is 0.818. The van der Waals surface area contributed by atoms with Crippen LogP contribution in [0.2, 0.25) is 0 Å². The molecule has 2 heteroatoms. The molecule has 0 aliphatic carbocycles. The fourth-order valence-electron chi connectivity index (χ4n) is 1.14. The van der Waals surface area contributed by atoms with E-state index < -0.39 is 0 Å². The third-order valence-corrected chi connectivity index (χ3v) is 2.54. The molecule has 0 amide bonds. The van der Waals surface area contributed by atoms with Crippen molar-refractivity contribution in [3.05, 3.63) is 0 Å². The molecular formula is C11H20O2. The third-order valence-electron chi connectivity index (χ3n) is 2.54. The lowest BCUT2D eigenvalue weighted by Gasteiger charge is -2.09. The molecule has 0 heterocycles. The molecule has 0 bridgehead atoms. The summed E-state index contributed by atoms with van der Waals surface area (Å²) in [5.41, 5.74) is 0. The Morgan fingerprint density at radius 1 is 1.38 bits per heavy atom. The average molecular weight is 184 g/mol. The van der Waals surface area contributed by atoms with Gasteiger partial charge in [-0.25, -0.2) is 0 Å². The lowest BCUT2D eigenvalue weighted by Crippen LogP contribution is -2.11. The van der Waals surface area contributed by atoms with Crippen LogP contribution in [0.25, 0.3) is 0 Å². The maximum Gasteiger partial charge on any atom is 0.135 e. The first kappa shape index (κ1) is 12.3. The summed E-state index contributed by atoms with van der Waals surface area (Å²) in [5.74, 6) is 0.870. The first-order chi connectivity index (χ1) is 6.11. The van der Waals surface area contributed by atoms with Gasteiger partial charge in [-0.15, -0.1) is 0 Å². The van der Waals surface area contributed by atoms with Crippen molar-refractivity contribution >= 4 is 12.1 Å². The van der Waals surface area contributed by atoms with Crippen molar-refractivity contribution in [3.8, 4) is 0 Å². The van der Waals surface area contributed by atoms with E-state index in [2.05, 4.69) is 0 Å². The lowest BCUT2D eigenvalue weighted by atomic mass is 9.95. The molecule has 0 aliphatic heterocycles. The summed E-state index contributed by atoms with van der Waals surface area (Å²) in [6.45, 7) is 6.00. The van der Waals surface area contributed by atoms with Crippen molar-refractivity contribution in [2.45, 2.75) is 46.5 Å². The summed E-state index contributed by atoms with van der Waals surface area (Å²) >= 11 is 0. The molecule has 0 saturated carbocycles. The molecule has 0 aromatic carbocycles. The van der Waals surface area contributed by atoms with Gasteiger partial charge in [0, 0.05) is 18.8 Å². The highest BCUT2D eigenvalue weighted by atomic mass is 16.1. The Bertz CT molecular complexity index is 163. The molecule has 0 rings (SSSR count). The van der Waals surface area contributed by atoms with Crippen LogP contribution >= 0.6 is 0 Å². The van der Waals surface area contributed by atoms with Crippen molar-refractivity contribution < 1.29 is 9.59 Å². The van der Waals surface area contributed by atoms with Crippen LogP contribution in [0.3, 0.4) is 0 Å². The Labute approximate surface area is 80.7 Å². The maximum atomic E-state index is 11.4. The molecule has 2 unspecified atom stereocenters. The summed E-state index contributed by atoms with van der Waals surface area (Å²) < 4.78 is 0. The Kier molecular flexibility index (Phi) is 6.47. The SMILES string of the molecule is CCC(C)C(=O)CCC(C)CC=O. The lowest BCUT2D eigenvalue weighted by molar-refractivity contribution is -0.123. The molecule has 0 radical (unpaired) electrons. The molecule has 0 aromatic heterocycles. The molecule has 2 atom stereocenters. The molecule has 0 spiro atoms. The maximum absolute atomic E-state index is 11.4. The van der Waals surface area contributed by atoms with Crippen LogP contribution in [-0.4, -0.2) is 12.1 Å². The topological polar surface area (TPSA) is 34.1 Å². The van der Waals surface area contributed by atoms with Gasteiger partial charge in [-0.1, -0.05) is 20.8 Å². The molecule has 2 nitrogen and oxygen atoms in total. The zero-order valence-corrected chi connectivity index (χ0v) is 8.88. The van der Waals surface area contributed by atoms with Crippen LogP contribution in [0, 0.1) is 11.8 Å². The number of ketones is 1. The number of rotatable bonds is 7. The minimum Gasteiger partial charge on any atom is -0.303 e. The second-order valence-corrected chi connectivity index (χ2v) is 3.82. The van der Waals surface area contributed by atoms with E-state index in [1.165, 1.54) is 0 Å². The molecule has 0 N–H and O–H groups in total. The summed E-state index contributed by atoms with van der Waals surface area (Å²) in [4.78, 5) is 21.6. The highest BCUT2D eigenvalue weighted by Crippen LogP contribution is 2.13. The largest absolute Gasteiger partial charge is 0.303 e. The van der Waals surface area contributed by atoms with E-state index in [4.69, 9.17) is 0 Å². The first-order valence-corrected chi connectivity index (χ1v) is 5.08. The van der Waals surface area contributed by atoms with Gasteiger partial charge in [0.05, 0.1) is 0 Å². The number of aldehydes is 1. The average Bonchev–Trinajstić information content (AvgIpc) is 2.13. The summed E-state index contributed by atoms with van der Waals surface area (Å²) in [6, 6.07) is 0. The van der Waals surface area contributed by atoms with Crippen molar-refractivity contribution in [2.24, 2.45) is 11.8 Å². The number of Topliss-reactive ketones (excluding diaryl/α,β-unsaturated/α-hetero) is 1. The van der Waals surface area contributed by atoms with Gasteiger partial charge in [-0.3, -0.25) is 4.79 Å². The van der Waals surface area contributed by atoms with Crippen LogP contribution in [0.1, 0.15) is 46.5 Å². The fourth-order valence-corrected chi connectivity index (χ4v) is 1.14. The standard InChI is InChI=1S/C11H20O2/c1-4-10(3)11(13)6-5-9(2)7-8-12/h8-10H,4-7H2,1-3H3. The van der Waals surface area contributed by atoms with Gasteiger partial charge in [0.25, 0.3) is 0 Å². The van der Waals surface area contributed by atoms with Crippen LogP contribution in [0.4, 0.5) is 0 Å². The molecular weight excluding hydrogens is 164 g/mol. The summed E-state index contributed by atoms with van der Waals surface area (Å²) in [6.07, 6.45) is 3.90. The molecule has 0 aromatic rings. The van der Waals surface area contributed by atoms with Gasteiger partial charge in [-0.2, -0.15) is 0 Å². The summed E-state index contributed by atoms with van der Waals surface area (Å²) in [5, 5.41) is 0. The molecule has 0 saturated heterocycles. The monoisotopic (exact) mass is 184 g/mol. The van der Waals surface area contributed by atoms with E-state index in [0.29, 0.717) is 24.5 Å². The van der Waals surface area contributed by atoms with E-state index in [9.17, 15) is 9.59 Å². The van der Waals surface area contributed by atoms with Crippen molar-refractivity contribution in [1.82, 2.24) is 0 Å². The summed E-state index contributed by atoms with van der Waals surface area (Å²) in [7, 11) is 0. The van der Waals surface area contributed by atoms with Crippen LogP contribution < -0.4 is 0 Å². The predicted octanol–water partition coefficient (Wildman–Crippen LogP) is 2.61. The Morgan fingerprint density at radius 3 is 2.46 bits per heavy atom. The molecule has 76 valence electrons. The number of hydrogen-bond acceptors (Lipinski definition) is 2. The molecule has 0 fully saturated rings. The normalized spacial score (nSPS) is 15.0. The van der Waals surface area contributed by atoms with E-state index in [0.717, 1.165) is 19.1 Å². The van der Waals surface area contributed by atoms with Gasteiger partial charge in [0.15, 0.2) is 0 Å². The minimum absolute atomic E-state index is 0.184. The third kappa shape index (κ3) is 5.56. The highest BCUT2D eigenvalue weighted by Gasteiger charge is 2.11. The highest BCUT2D eigenvalue weighted by molar-refractivity contribution is 5.80. The molecule has 0 aliphatic rings. The van der Waals surface area contributed by atoms with Gasteiger partial charge in [0.2, 0.25) is 0 Å². The number of carbonyl (C=O) groups excluding carboxylic acids is 2. The van der Waals surface area contributed by atoms with Gasteiger partial charge in [-0.05, 0) is 18.8 Å². The first-order valence-electron chi connectivity index (χ1n) is 5.08. The molecule has 13 heavy (non-hydrogen) atoms. The van der Waals surface area contributed by atoms with E-state index in [-0.39, 0.29) is 5.92 Å². The Morgan fingerprint density at radius 2 is 2.00 bits per heavy atom. The zero-order chi connectivity index (χ0) is 10.3. The number of hydrogen-bond donors (Lipinski definition) is 0. The van der Waals surface area contributed by atoms with E-state index in [1.807, 2.05) is 20.8 Å². The Balaban J connectivity index is 3.62. The van der Waals surface area contributed by atoms with Crippen LogP contribution in [0.15, 0.2) is 0 Å². The number of carbonyl (C=O) groups is 2. The van der Waals surface area contributed by atoms with Crippen molar-refractivity contribution in [1.29, 1.82) is 0 Å². The van der Waals surface area contributed by atoms with E-state index in [1.54, 1.807) is 0 Å². The van der Waals surface area contributed by atoms with Gasteiger partial charge in [0.1, 0.15) is 12.1 Å². The van der Waals surface area contributed by atoms with Gasteiger partial charge < -0.3 is 4.79 Å². The van der Waals surface area contributed by atoms with Gasteiger partial charge >= 0.3 is 0 Å².